The molecular weight excluding hydrogens is 272 g/mol. The van der Waals surface area contributed by atoms with Crippen molar-refractivity contribution < 1.29 is 10.2 Å². The second-order valence-electron chi connectivity index (χ2n) is 8.34. The van der Waals surface area contributed by atoms with Crippen LogP contribution in [0.5, 0.6) is 5.75 Å². The Kier molecular flexibility index (Phi) is 3.79. The van der Waals surface area contributed by atoms with Crippen molar-refractivity contribution in [1.29, 1.82) is 0 Å². The third-order valence-electron chi connectivity index (χ3n) is 7.18. The Balaban J connectivity index is 2.00. The van der Waals surface area contributed by atoms with Crippen LogP contribution in [0, 0.1) is 23.7 Å². The van der Waals surface area contributed by atoms with E-state index in [0.717, 1.165) is 29.9 Å². The van der Waals surface area contributed by atoms with Crippen molar-refractivity contribution in [2.75, 3.05) is 6.61 Å². The second-order valence-corrected chi connectivity index (χ2v) is 8.34. The van der Waals surface area contributed by atoms with E-state index in [4.69, 9.17) is 5.11 Å². The van der Waals surface area contributed by atoms with E-state index in [1.54, 1.807) is 0 Å². The van der Waals surface area contributed by atoms with Gasteiger partial charge in [-0.15, -0.1) is 0 Å². The van der Waals surface area contributed by atoms with Gasteiger partial charge in [0.15, 0.2) is 0 Å². The van der Waals surface area contributed by atoms with Crippen LogP contribution in [-0.2, 0) is 6.42 Å². The van der Waals surface area contributed by atoms with E-state index in [-0.39, 0.29) is 12.0 Å². The largest absolute Gasteiger partial charge is 0.507 e. The fraction of sp³-hybridized carbons (Fsp3) is 0.700. The van der Waals surface area contributed by atoms with Crippen LogP contribution in [0.3, 0.4) is 0 Å². The van der Waals surface area contributed by atoms with Crippen LogP contribution in [0.4, 0.5) is 0 Å². The number of fused-ring (bicyclic) bond motifs is 2. The predicted octanol–water partition coefficient (Wildman–Crippen LogP) is 4.56. The van der Waals surface area contributed by atoms with Gasteiger partial charge in [0.25, 0.3) is 0 Å². The Hall–Kier alpha value is -1.02. The SMILES string of the molecule is Cc1cc(CCCO)cc(C2CC3CCC2(C)C3(C)C)c1O. The highest BCUT2D eigenvalue weighted by molar-refractivity contribution is 5.47. The molecule has 0 aromatic heterocycles. The molecule has 0 aliphatic heterocycles. The van der Waals surface area contributed by atoms with Gasteiger partial charge in [0, 0.05) is 6.61 Å². The first-order valence-corrected chi connectivity index (χ1v) is 8.74. The van der Waals surface area contributed by atoms with E-state index in [0.29, 0.717) is 17.1 Å². The van der Waals surface area contributed by atoms with E-state index in [9.17, 15) is 5.11 Å². The zero-order valence-corrected chi connectivity index (χ0v) is 14.4. The third kappa shape index (κ3) is 2.11. The number of aryl methyl sites for hydroxylation is 2. The highest BCUT2D eigenvalue weighted by Gasteiger charge is 2.61. The van der Waals surface area contributed by atoms with Gasteiger partial charge in [0.1, 0.15) is 5.75 Å². The molecule has 2 bridgehead atoms. The van der Waals surface area contributed by atoms with Crippen molar-refractivity contribution in [3.05, 3.63) is 28.8 Å². The van der Waals surface area contributed by atoms with Gasteiger partial charge in [0.2, 0.25) is 0 Å². The molecule has 2 saturated carbocycles. The second kappa shape index (κ2) is 5.26. The molecular formula is C20H30O2. The molecule has 2 heteroatoms. The molecule has 2 aliphatic rings. The van der Waals surface area contributed by atoms with Gasteiger partial charge in [-0.1, -0.05) is 32.9 Å². The highest BCUT2D eigenvalue weighted by Crippen LogP contribution is 2.71. The monoisotopic (exact) mass is 302 g/mol. The van der Waals surface area contributed by atoms with Crippen LogP contribution in [0.2, 0.25) is 0 Å². The number of aliphatic hydroxyl groups is 1. The quantitative estimate of drug-likeness (QED) is 0.856. The summed E-state index contributed by atoms with van der Waals surface area (Å²) in [4.78, 5) is 0. The fourth-order valence-electron chi connectivity index (χ4n) is 5.25. The molecule has 0 spiro atoms. The van der Waals surface area contributed by atoms with Crippen molar-refractivity contribution >= 4 is 0 Å². The van der Waals surface area contributed by atoms with E-state index >= 15 is 0 Å². The van der Waals surface area contributed by atoms with Gasteiger partial charge in [-0.2, -0.15) is 0 Å². The molecule has 0 heterocycles. The minimum atomic E-state index is 0.228. The number of hydrogen-bond donors (Lipinski definition) is 2. The number of phenolic OH excluding ortho intramolecular Hbond substituents is 1. The summed E-state index contributed by atoms with van der Waals surface area (Å²) in [7, 11) is 0. The Morgan fingerprint density at radius 2 is 1.95 bits per heavy atom. The maximum absolute atomic E-state index is 10.7. The summed E-state index contributed by atoms with van der Waals surface area (Å²) in [5, 5.41) is 19.7. The van der Waals surface area contributed by atoms with Gasteiger partial charge in [-0.3, -0.25) is 0 Å². The van der Waals surface area contributed by atoms with Crippen LogP contribution < -0.4 is 0 Å². The molecule has 0 radical (unpaired) electrons. The number of rotatable bonds is 4. The summed E-state index contributed by atoms with van der Waals surface area (Å²) in [5.74, 6) is 1.75. The third-order valence-corrected chi connectivity index (χ3v) is 7.18. The fourth-order valence-corrected chi connectivity index (χ4v) is 5.25. The molecule has 1 aromatic carbocycles. The first kappa shape index (κ1) is 15.9. The lowest BCUT2D eigenvalue weighted by atomic mass is 9.64. The van der Waals surface area contributed by atoms with Gasteiger partial charge >= 0.3 is 0 Å². The Morgan fingerprint density at radius 3 is 2.50 bits per heavy atom. The average molecular weight is 302 g/mol. The number of aromatic hydroxyl groups is 1. The van der Waals surface area contributed by atoms with Crippen molar-refractivity contribution in [1.82, 2.24) is 0 Å². The molecule has 2 fully saturated rings. The summed E-state index contributed by atoms with van der Waals surface area (Å²) in [6.45, 7) is 9.50. The zero-order valence-electron chi connectivity index (χ0n) is 14.4. The summed E-state index contributed by atoms with van der Waals surface area (Å²) in [6.07, 6.45) is 5.50. The Labute approximate surface area is 134 Å². The van der Waals surface area contributed by atoms with Crippen molar-refractivity contribution in [2.24, 2.45) is 16.7 Å². The zero-order chi connectivity index (χ0) is 16.1. The number of aliphatic hydroxyl groups excluding tert-OH is 1. The van der Waals surface area contributed by atoms with Crippen molar-refractivity contribution in [3.63, 3.8) is 0 Å². The molecule has 22 heavy (non-hydrogen) atoms. The van der Waals surface area contributed by atoms with Gasteiger partial charge < -0.3 is 10.2 Å². The van der Waals surface area contributed by atoms with E-state index < -0.39 is 0 Å². The topological polar surface area (TPSA) is 40.5 Å². The molecule has 3 atom stereocenters. The normalized spacial score (nSPS) is 32.6. The predicted molar refractivity (Wildman–Crippen MR) is 90.2 cm³/mol. The number of phenols is 1. The lowest BCUT2D eigenvalue weighted by Crippen LogP contribution is -2.31. The maximum atomic E-state index is 10.7. The Morgan fingerprint density at radius 1 is 1.23 bits per heavy atom. The first-order chi connectivity index (χ1) is 10.3. The first-order valence-electron chi connectivity index (χ1n) is 8.74. The average Bonchev–Trinajstić information content (AvgIpc) is 2.81. The highest BCUT2D eigenvalue weighted by atomic mass is 16.3. The van der Waals surface area contributed by atoms with Crippen molar-refractivity contribution in [2.45, 2.75) is 65.7 Å². The van der Waals surface area contributed by atoms with Crippen LogP contribution >= 0.6 is 0 Å². The smallest absolute Gasteiger partial charge is 0.121 e. The molecule has 0 amide bonds. The van der Waals surface area contributed by atoms with E-state index in [1.165, 1.54) is 24.8 Å². The molecule has 3 unspecified atom stereocenters. The van der Waals surface area contributed by atoms with Gasteiger partial charge in [-0.25, -0.2) is 0 Å². The molecule has 122 valence electrons. The Bertz CT molecular complexity index is 575. The number of hydrogen-bond acceptors (Lipinski definition) is 2. The summed E-state index contributed by atoms with van der Waals surface area (Å²) >= 11 is 0. The van der Waals surface area contributed by atoms with Gasteiger partial charge in [-0.05, 0) is 78.4 Å². The summed E-state index contributed by atoms with van der Waals surface area (Å²) in [5.41, 5.74) is 4.04. The summed E-state index contributed by atoms with van der Waals surface area (Å²) < 4.78 is 0. The lowest BCUT2D eigenvalue weighted by Gasteiger charge is -2.40. The molecule has 2 nitrogen and oxygen atoms in total. The van der Waals surface area contributed by atoms with Gasteiger partial charge in [0.05, 0.1) is 0 Å². The van der Waals surface area contributed by atoms with Crippen molar-refractivity contribution in [3.8, 4) is 5.75 Å². The maximum Gasteiger partial charge on any atom is 0.121 e. The molecule has 0 saturated heterocycles. The molecule has 2 N–H and O–H groups in total. The summed E-state index contributed by atoms with van der Waals surface area (Å²) in [6, 6.07) is 4.29. The standard InChI is InChI=1S/C20H30O2/c1-13-10-14(6-5-9-21)11-16(18(13)22)17-12-15-7-8-20(17,4)19(15,2)3/h10-11,15,17,21-22H,5-9,12H2,1-4H3. The molecule has 3 rings (SSSR count). The minimum Gasteiger partial charge on any atom is -0.507 e. The van der Waals surface area contributed by atoms with Crippen LogP contribution in [0.25, 0.3) is 0 Å². The molecule has 1 aromatic rings. The van der Waals surface area contributed by atoms with E-state index in [2.05, 4.69) is 32.9 Å². The van der Waals surface area contributed by atoms with E-state index in [1.807, 2.05) is 6.92 Å². The van der Waals surface area contributed by atoms with Crippen LogP contribution in [0.1, 0.15) is 69.1 Å². The minimum absolute atomic E-state index is 0.228. The molecule has 2 aliphatic carbocycles. The van der Waals surface area contributed by atoms with Crippen LogP contribution in [-0.4, -0.2) is 16.8 Å². The number of benzene rings is 1. The lowest BCUT2D eigenvalue weighted by molar-refractivity contribution is 0.133. The van der Waals surface area contributed by atoms with Crippen LogP contribution in [0.15, 0.2) is 12.1 Å².